The standard InChI is InChI=1S/C25H35NO/c1-23(2,3)18-15-19(24(4,5)6)21-20(16-18)27-26(25(7,8)9)22(21)17-13-11-10-12-14-17/h10-16,22H,1-9H3. The van der Waals surface area contributed by atoms with Gasteiger partial charge in [0.1, 0.15) is 6.04 Å². The molecule has 0 radical (unpaired) electrons. The van der Waals surface area contributed by atoms with Crippen LogP contribution in [-0.4, -0.2) is 10.6 Å². The SMILES string of the molecule is CC(C)(C)c1cc2c(c(C(C)(C)C)c1)C(c1ccccc1)N(C(C)(C)C)O2. The number of fused-ring (bicyclic) bond motifs is 1. The topological polar surface area (TPSA) is 12.5 Å². The van der Waals surface area contributed by atoms with Gasteiger partial charge < -0.3 is 4.84 Å². The van der Waals surface area contributed by atoms with Crippen molar-refractivity contribution in [3.63, 3.8) is 0 Å². The molecule has 3 rings (SSSR count). The summed E-state index contributed by atoms with van der Waals surface area (Å²) >= 11 is 0. The highest BCUT2D eigenvalue weighted by Crippen LogP contribution is 2.50. The van der Waals surface area contributed by atoms with E-state index in [1.54, 1.807) is 0 Å². The van der Waals surface area contributed by atoms with Gasteiger partial charge in [0, 0.05) is 11.1 Å². The average Bonchev–Trinajstić information content (AvgIpc) is 2.92. The molecule has 1 atom stereocenters. The Labute approximate surface area is 165 Å². The van der Waals surface area contributed by atoms with Crippen molar-refractivity contribution in [1.82, 2.24) is 5.06 Å². The lowest BCUT2D eigenvalue weighted by Crippen LogP contribution is -2.43. The zero-order chi connectivity index (χ0) is 20.2. The maximum absolute atomic E-state index is 6.54. The highest BCUT2D eigenvalue weighted by molar-refractivity contribution is 5.54. The van der Waals surface area contributed by atoms with Crippen molar-refractivity contribution < 1.29 is 4.84 Å². The van der Waals surface area contributed by atoms with E-state index in [0.717, 1.165) is 5.75 Å². The van der Waals surface area contributed by atoms with Crippen molar-refractivity contribution in [3.05, 3.63) is 64.7 Å². The first kappa shape index (κ1) is 19.9. The molecule has 2 nitrogen and oxygen atoms in total. The van der Waals surface area contributed by atoms with Crippen LogP contribution in [0.15, 0.2) is 42.5 Å². The Hall–Kier alpha value is -1.80. The molecule has 2 aromatic carbocycles. The summed E-state index contributed by atoms with van der Waals surface area (Å²) in [6, 6.07) is 15.5. The second kappa shape index (κ2) is 6.38. The summed E-state index contributed by atoms with van der Waals surface area (Å²) in [6.07, 6.45) is 0. The molecular weight excluding hydrogens is 330 g/mol. The molecule has 146 valence electrons. The van der Waals surface area contributed by atoms with Gasteiger partial charge >= 0.3 is 0 Å². The number of nitrogens with zero attached hydrogens (tertiary/aromatic N) is 1. The highest BCUT2D eigenvalue weighted by Gasteiger charge is 2.43. The Morgan fingerprint density at radius 3 is 1.85 bits per heavy atom. The summed E-state index contributed by atoms with van der Waals surface area (Å²) in [5, 5.41) is 2.18. The number of hydrogen-bond acceptors (Lipinski definition) is 2. The van der Waals surface area contributed by atoms with Crippen LogP contribution < -0.4 is 4.84 Å². The van der Waals surface area contributed by atoms with E-state index in [4.69, 9.17) is 4.84 Å². The quantitative estimate of drug-likeness (QED) is 0.552. The fourth-order valence-electron chi connectivity index (χ4n) is 3.78. The molecule has 1 heterocycles. The molecule has 0 spiro atoms. The summed E-state index contributed by atoms with van der Waals surface area (Å²) < 4.78 is 0. The molecule has 2 aromatic rings. The lowest BCUT2D eigenvalue weighted by Gasteiger charge is -2.35. The van der Waals surface area contributed by atoms with Crippen LogP contribution in [0.4, 0.5) is 0 Å². The van der Waals surface area contributed by atoms with Crippen LogP contribution in [0.1, 0.15) is 90.6 Å². The zero-order valence-corrected chi connectivity index (χ0v) is 18.5. The molecule has 1 aliphatic rings. The number of rotatable bonds is 1. The van der Waals surface area contributed by atoms with Crippen molar-refractivity contribution in [2.45, 2.75) is 84.7 Å². The van der Waals surface area contributed by atoms with E-state index in [2.05, 4.69) is 110 Å². The van der Waals surface area contributed by atoms with E-state index < -0.39 is 0 Å². The summed E-state index contributed by atoms with van der Waals surface area (Å²) in [7, 11) is 0. The Bertz CT molecular complexity index is 816. The number of hydroxylamine groups is 2. The monoisotopic (exact) mass is 365 g/mol. The van der Waals surface area contributed by atoms with Gasteiger partial charge in [-0.2, -0.15) is 0 Å². The Morgan fingerprint density at radius 2 is 1.37 bits per heavy atom. The first-order valence-electron chi connectivity index (χ1n) is 10.0. The Kier molecular flexibility index (Phi) is 4.71. The van der Waals surface area contributed by atoms with Gasteiger partial charge in [-0.05, 0) is 54.4 Å². The molecule has 0 amide bonds. The molecule has 0 bridgehead atoms. The maximum atomic E-state index is 6.54. The Morgan fingerprint density at radius 1 is 0.778 bits per heavy atom. The molecule has 0 N–H and O–H groups in total. The molecule has 1 unspecified atom stereocenters. The van der Waals surface area contributed by atoms with Crippen LogP contribution in [0, 0.1) is 0 Å². The van der Waals surface area contributed by atoms with Gasteiger partial charge in [0.25, 0.3) is 0 Å². The third kappa shape index (κ3) is 3.78. The smallest absolute Gasteiger partial charge is 0.153 e. The van der Waals surface area contributed by atoms with Crippen molar-refractivity contribution in [3.8, 4) is 5.75 Å². The third-order valence-corrected chi connectivity index (χ3v) is 5.30. The predicted octanol–water partition coefficient (Wildman–Crippen LogP) is 6.78. The van der Waals surface area contributed by atoms with Crippen LogP contribution in [0.3, 0.4) is 0 Å². The minimum Gasteiger partial charge on any atom is -0.404 e. The molecule has 0 aliphatic carbocycles. The van der Waals surface area contributed by atoms with Crippen LogP contribution in [0.5, 0.6) is 5.75 Å². The van der Waals surface area contributed by atoms with Gasteiger partial charge in [-0.25, -0.2) is 0 Å². The average molecular weight is 366 g/mol. The molecule has 1 aliphatic heterocycles. The Balaban J connectivity index is 2.31. The normalized spacial score (nSPS) is 18.3. The molecule has 2 heteroatoms. The first-order valence-corrected chi connectivity index (χ1v) is 10.0. The van der Waals surface area contributed by atoms with E-state index in [1.807, 2.05) is 0 Å². The van der Waals surface area contributed by atoms with E-state index in [1.165, 1.54) is 22.3 Å². The van der Waals surface area contributed by atoms with Crippen molar-refractivity contribution in [2.75, 3.05) is 0 Å². The van der Waals surface area contributed by atoms with Gasteiger partial charge in [0.2, 0.25) is 0 Å². The van der Waals surface area contributed by atoms with E-state index in [9.17, 15) is 0 Å². The van der Waals surface area contributed by atoms with Crippen LogP contribution in [0.2, 0.25) is 0 Å². The highest BCUT2D eigenvalue weighted by atomic mass is 16.7. The van der Waals surface area contributed by atoms with Gasteiger partial charge in [-0.3, -0.25) is 0 Å². The van der Waals surface area contributed by atoms with E-state index in [0.29, 0.717) is 0 Å². The van der Waals surface area contributed by atoms with Gasteiger partial charge in [-0.15, -0.1) is 5.06 Å². The van der Waals surface area contributed by atoms with Crippen molar-refractivity contribution in [2.24, 2.45) is 0 Å². The van der Waals surface area contributed by atoms with Gasteiger partial charge in [-0.1, -0.05) is 77.9 Å². The molecular formula is C25H35NO. The van der Waals surface area contributed by atoms with Gasteiger partial charge in [0.15, 0.2) is 5.75 Å². The largest absolute Gasteiger partial charge is 0.404 e. The summed E-state index contributed by atoms with van der Waals surface area (Å²) in [4.78, 5) is 6.54. The van der Waals surface area contributed by atoms with Crippen molar-refractivity contribution >= 4 is 0 Å². The summed E-state index contributed by atoms with van der Waals surface area (Å²) in [5.41, 5.74) is 5.30. The fourth-order valence-corrected chi connectivity index (χ4v) is 3.78. The van der Waals surface area contributed by atoms with Crippen LogP contribution >= 0.6 is 0 Å². The molecule has 0 saturated carbocycles. The molecule has 0 fully saturated rings. The zero-order valence-electron chi connectivity index (χ0n) is 18.5. The third-order valence-electron chi connectivity index (χ3n) is 5.30. The first-order chi connectivity index (χ1) is 12.3. The lowest BCUT2D eigenvalue weighted by molar-refractivity contribution is -0.129. The summed E-state index contributed by atoms with van der Waals surface area (Å²) in [6.45, 7) is 20.4. The number of hydrogen-bond donors (Lipinski definition) is 0. The van der Waals surface area contributed by atoms with E-state index >= 15 is 0 Å². The van der Waals surface area contributed by atoms with E-state index in [-0.39, 0.29) is 22.4 Å². The predicted molar refractivity (Wildman–Crippen MR) is 114 cm³/mol. The molecule has 27 heavy (non-hydrogen) atoms. The fraction of sp³-hybridized carbons (Fsp3) is 0.520. The van der Waals surface area contributed by atoms with Crippen LogP contribution in [0.25, 0.3) is 0 Å². The lowest BCUT2D eigenvalue weighted by atomic mass is 9.76. The minimum atomic E-state index is -0.115. The second-order valence-electron chi connectivity index (χ2n) is 10.8. The molecule has 0 saturated heterocycles. The number of benzene rings is 2. The van der Waals surface area contributed by atoms with Crippen LogP contribution in [-0.2, 0) is 10.8 Å². The maximum Gasteiger partial charge on any atom is 0.153 e. The van der Waals surface area contributed by atoms with Crippen molar-refractivity contribution in [1.29, 1.82) is 0 Å². The molecule has 0 aromatic heterocycles. The second-order valence-corrected chi connectivity index (χ2v) is 10.8. The minimum absolute atomic E-state index is 0.0373. The van der Waals surface area contributed by atoms with Gasteiger partial charge in [0.05, 0.1) is 0 Å². The summed E-state index contributed by atoms with van der Waals surface area (Å²) in [5.74, 6) is 1.01.